The van der Waals surface area contributed by atoms with Crippen LogP contribution in [-0.2, 0) is 17.8 Å². The van der Waals surface area contributed by atoms with Crippen molar-refractivity contribution in [3.63, 3.8) is 0 Å². The van der Waals surface area contributed by atoms with Gasteiger partial charge in [-0.25, -0.2) is 5.84 Å². The average Bonchev–Trinajstić information content (AvgIpc) is 2.43. The van der Waals surface area contributed by atoms with Crippen LogP contribution in [0, 0.1) is 0 Å². The Balaban J connectivity index is 1.90. The maximum Gasteiger partial charge on any atom is 0.233 e. The van der Waals surface area contributed by atoms with Crippen molar-refractivity contribution in [3.8, 4) is 0 Å². The molecule has 98 valence electrons. The van der Waals surface area contributed by atoms with Crippen molar-refractivity contribution >= 4 is 5.91 Å². The molecule has 1 heterocycles. The second-order valence-electron chi connectivity index (χ2n) is 4.94. The Bertz CT molecular complexity index is 419. The second kappa shape index (κ2) is 5.98. The lowest BCUT2D eigenvalue weighted by Crippen LogP contribution is -2.39. The molecule has 1 atom stereocenters. The number of fused-ring (bicyclic) bond motifs is 1. The standard InChI is InChI=1S/C14H21N3O/c1-11(6-7-14(18)16-15)17-9-8-12-4-2-3-5-13(12)10-17/h2-5,11H,6-10,15H2,1H3,(H,16,18). The van der Waals surface area contributed by atoms with Crippen LogP contribution in [0.2, 0.25) is 0 Å². The third-order valence-corrected chi connectivity index (χ3v) is 3.73. The van der Waals surface area contributed by atoms with Crippen LogP contribution in [0.1, 0.15) is 30.9 Å². The summed E-state index contributed by atoms with van der Waals surface area (Å²) >= 11 is 0. The highest BCUT2D eigenvalue weighted by Gasteiger charge is 2.20. The molecule has 1 aromatic carbocycles. The van der Waals surface area contributed by atoms with Crippen LogP contribution in [0.15, 0.2) is 24.3 Å². The monoisotopic (exact) mass is 247 g/mol. The predicted molar refractivity (Wildman–Crippen MR) is 71.6 cm³/mol. The number of rotatable bonds is 4. The summed E-state index contributed by atoms with van der Waals surface area (Å²) in [6.07, 6.45) is 2.45. The molecule has 0 aromatic heterocycles. The molecule has 18 heavy (non-hydrogen) atoms. The molecular weight excluding hydrogens is 226 g/mol. The zero-order valence-corrected chi connectivity index (χ0v) is 10.9. The van der Waals surface area contributed by atoms with E-state index in [2.05, 4.69) is 41.5 Å². The van der Waals surface area contributed by atoms with Gasteiger partial charge in [-0.05, 0) is 30.9 Å². The van der Waals surface area contributed by atoms with Gasteiger partial charge in [0.15, 0.2) is 0 Å². The summed E-state index contributed by atoms with van der Waals surface area (Å²) in [6, 6.07) is 9.01. The Morgan fingerprint density at radius 2 is 2.17 bits per heavy atom. The largest absolute Gasteiger partial charge is 0.296 e. The number of carbonyl (C=O) groups is 1. The van der Waals surface area contributed by atoms with E-state index in [0.717, 1.165) is 25.9 Å². The van der Waals surface area contributed by atoms with Crippen molar-refractivity contribution in [2.45, 2.75) is 38.8 Å². The number of amides is 1. The molecule has 2 rings (SSSR count). The molecule has 0 bridgehead atoms. The van der Waals surface area contributed by atoms with Crippen LogP contribution < -0.4 is 11.3 Å². The minimum atomic E-state index is -0.0840. The van der Waals surface area contributed by atoms with Gasteiger partial charge in [0.05, 0.1) is 0 Å². The number of nitrogens with two attached hydrogens (primary N) is 1. The molecule has 0 spiro atoms. The fraction of sp³-hybridized carbons (Fsp3) is 0.500. The first-order chi connectivity index (χ1) is 8.70. The van der Waals surface area contributed by atoms with Crippen LogP contribution in [0.25, 0.3) is 0 Å². The third-order valence-electron chi connectivity index (χ3n) is 3.73. The van der Waals surface area contributed by atoms with Crippen LogP contribution >= 0.6 is 0 Å². The molecule has 1 aromatic rings. The SMILES string of the molecule is CC(CCC(=O)NN)N1CCc2ccccc2C1. The topological polar surface area (TPSA) is 58.4 Å². The molecule has 0 saturated heterocycles. The van der Waals surface area contributed by atoms with Crippen LogP contribution in [0.4, 0.5) is 0 Å². The molecule has 3 N–H and O–H groups in total. The van der Waals surface area contributed by atoms with E-state index in [4.69, 9.17) is 5.84 Å². The van der Waals surface area contributed by atoms with Crippen LogP contribution in [0.5, 0.6) is 0 Å². The highest BCUT2D eigenvalue weighted by atomic mass is 16.2. The summed E-state index contributed by atoms with van der Waals surface area (Å²) < 4.78 is 0. The lowest BCUT2D eigenvalue weighted by molar-refractivity contribution is -0.121. The first-order valence-corrected chi connectivity index (χ1v) is 6.51. The number of carbonyl (C=O) groups excluding carboxylic acids is 1. The third kappa shape index (κ3) is 3.09. The number of hydrogen-bond acceptors (Lipinski definition) is 3. The highest BCUT2D eigenvalue weighted by Crippen LogP contribution is 2.21. The summed E-state index contributed by atoms with van der Waals surface area (Å²) in [5.41, 5.74) is 5.06. The molecule has 1 aliphatic heterocycles. The summed E-state index contributed by atoms with van der Waals surface area (Å²) in [6.45, 7) is 4.24. The van der Waals surface area contributed by atoms with E-state index in [1.807, 2.05) is 0 Å². The molecule has 0 saturated carbocycles. The van der Waals surface area contributed by atoms with Crippen LogP contribution in [-0.4, -0.2) is 23.4 Å². The Morgan fingerprint density at radius 3 is 2.89 bits per heavy atom. The summed E-state index contributed by atoms with van der Waals surface area (Å²) in [5.74, 6) is 5.00. The molecular formula is C14H21N3O. The molecule has 4 nitrogen and oxygen atoms in total. The number of nitrogens with one attached hydrogen (secondary N) is 1. The van der Waals surface area contributed by atoms with Crippen molar-refractivity contribution in [2.75, 3.05) is 6.54 Å². The van der Waals surface area contributed by atoms with E-state index in [9.17, 15) is 4.79 Å². The number of benzene rings is 1. The fourth-order valence-corrected chi connectivity index (χ4v) is 2.49. The van der Waals surface area contributed by atoms with E-state index in [-0.39, 0.29) is 5.91 Å². The summed E-state index contributed by atoms with van der Waals surface area (Å²) in [4.78, 5) is 13.6. The zero-order valence-electron chi connectivity index (χ0n) is 10.9. The van der Waals surface area contributed by atoms with E-state index in [1.54, 1.807) is 0 Å². The Morgan fingerprint density at radius 1 is 1.44 bits per heavy atom. The van der Waals surface area contributed by atoms with Crippen molar-refractivity contribution in [1.82, 2.24) is 10.3 Å². The van der Waals surface area contributed by atoms with Gasteiger partial charge in [0.1, 0.15) is 0 Å². The maximum atomic E-state index is 11.1. The summed E-state index contributed by atoms with van der Waals surface area (Å²) in [5, 5.41) is 0. The smallest absolute Gasteiger partial charge is 0.233 e. The van der Waals surface area contributed by atoms with Gasteiger partial charge in [0.2, 0.25) is 5.91 Å². The normalized spacial score (nSPS) is 17.0. The van der Waals surface area contributed by atoms with Crippen molar-refractivity contribution in [2.24, 2.45) is 5.84 Å². The molecule has 4 heteroatoms. The second-order valence-corrected chi connectivity index (χ2v) is 4.94. The van der Waals surface area contributed by atoms with Gasteiger partial charge in [-0.1, -0.05) is 24.3 Å². The number of hydrazine groups is 1. The van der Waals surface area contributed by atoms with E-state index < -0.39 is 0 Å². The minimum Gasteiger partial charge on any atom is -0.296 e. The van der Waals surface area contributed by atoms with Crippen molar-refractivity contribution in [3.05, 3.63) is 35.4 Å². The minimum absolute atomic E-state index is 0.0840. The average molecular weight is 247 g/mol. The van der Waals surface area contributed by atoms with E-state index in [1.165, 1.54) is 11.1 Å². The van der Waals surface area contributed by atoms with Gasteiger partial charge in [-0.2, -0.15) is 0 Å². The fourth-order valence-electron chi connectivity index (χ4n) is 2.49. The molecule has 0 aliphatic carbocycles. The number of nitrogens with zero attached hydrogens (tertiary/aromatic N) is 1. The van der Waals surface area contributed by atoms with Gasteiger partial charge >= 0.3 is 0 Å². The number of hydrogen-bond donors (Lipinski definition) is 2. The first kappa shape index (κ1) is 13.1. The van der Waals surface area contributed by atoms with Crippen molar-refractivity contribution < 1.29 is 4.79 Å². The zero-order chi connectivity index (χ0) is 13.0. The van der Waals surface area contributed by atoms with Gasteiger partial charge < -0.3 is 0 Å². The molecule has 1 amide bonds. The Labute approximate surface area is 108 Å². The van der Waals surface area contributed by atoms with E-state index in [0.29, 0.717) is 12.5 Å². The lowest BCUT2D eigenvalue weighted by atomic mass is 9.98. The highest BCUT2D eigenvalue weighted by molar-refractivity contribution is 5.75. The quantitative estimate of drug-likeness (QED) is 0.477. The van der Waals surface area contributed by atoms with Crippen molar-refractivity contribution in [1.29, 1.82) is 0 Å². The predicted octanol–water partition coefficient (Wildman–Crippen LogP) is 1.20. The molecule has 0 fully saturated rings. The first-order valence-electron chi connectivity index (χ1n) is 6.51. The van der Waals surface area contributed by atoms with Gasteiger partial charge in [-0.3, -0.25) is 15.1 Å². The van der Waals surface area contributed by atoms with Gasteiger partial charge in [0.25, 0.3) is 0 Å². The Hall–Kier alpha value is -1.39. The molecule has 1 aliphatic rings. The van der Waals surface area contributed by atoms with Gasteiger partial charge in [0, 0.05) is 25.6 Å². The van der Waals surface area contributed by atoms with E-state index >= 15 is 0 Å². The van der Waals surface area contributed by atoms with Gasteiger partial charge in [-0.15, -0.1) is 0 Å². The van der Waals surface area contributed by atoms with Crippen LogP contribution in [0.3, 0.4) is 0 Å². The maximum absolute atomic E-state index is 11.1. The molecule has 1 unspecified atom stereocenters. The molecule has 0 radical (unpaired) electrons. The lowest BCUT2D eigenvalue weighted by Gasteiger charge is -2.33. The Kier molecular flexibility index (Phi) is 4.33. The summed E-state index contributed by atoms with van der Waals surface area (Å²) in [7, 11) is 0.